The van der Waals surface area contributed by atoms with Crippen LogP contribution in [0.3, 0.4) is 0 Å². The predicted octanol–water partition coefficient (Wildman–Crippen LogP) is 13.0. The standard InChI is InChI=1S/C46H28/c1-3-11-29(12-4-1)34-24-20-32-22-26-39-40(27-23-33-21-25-38(34)43(32)44(33)39)46-37-18-10-9-17-36(37)42(31-14-5-2-6-15-31)41-28-19-30-13-7-8-16-35(30)45(41)46/h1-28H/i1D,2D,3D,4D,5D,6D,7D,8D,9D,10D,11D,12D,13D,14D,15D,16D,17D,18D,19D,28D. The zero-order valence-corrected chi connectivity index (χ0v) is 23.6. The first-order chi connectivity index (χ1) is 31.1. The molecule has 0 nitrogen and oxygen atoms in total. The van der Waals surface area contributed by atoms with Crippen LogP contribution in [-0.2, 0) is 0 Å². The molecule has 0 amide bonds. The van der Waals surface area contributed by atoms with Crippen molar-refractivity contribution in [1.82, 2.24) is 0 Å². The molecule has 0 aromatic heterocycles. The van der Waals surface area contributed by atoms with Gasteiger partial charge in [0.2, 0.25) is 0 Å². The van der Waals surface area contributed by atoms with Gasteiger partial charge >= 0.3 is 0 Å². The molecule has 0 unspecified atom stereocenters. The summed E-state index contributed by atoms with van der Waals surface area (Å²) in [6.45, 7) is 0. The molecule has 212 valence electrons. The Bertz CT molecular complexity index is 3870. The molecule has 0 spiro atoms. The minimum absolute atomic E-state index is 0.0369. The molecule has 10 aromatic rings. The highest BCUT2D eigenvalue weighted by Crippen LogP contribution is 2.49. The normalized spacial score (nSPS) is 18.0. The molecule has 0 heteroatoms. The fourth-order valence-electron chi connectivity index (χ4n) is 6.80. The largest absolute Gasteiger partial charge is 0.0630 e. The third-order valence-electron chi connectivity index (χ3n) is 8.64. The summed E-state index contributed by atoms with van der Waals surface area (Å²) in [5.74, 6) is 0. The van der Waals surface area contributed by atoms with Crippen molar-refractivity contribution in [2.24, 2.45) is 0 Å². The van der Waals surface area contributed by atoms with Crippen LogP contribution < -0.4 is 0 Å². The molecule has 0 aliphatic carbocycles. The molecule has 0 aliphatic rings. The summed E-state index contributed by atoms with van der Waals surface area (Å²) in [5, 5.41) is 1.48. The van der Waals surface area contributed by atoms with Crippen molar-refractivity contribution in [2.75, 3.05) is 0 Å². The molecule has 0 fully saturated rings. The van der Waals surface area contributed by atoms with Crippen molar-refractivity contribution >= 4 is 64.6 Å². The van der Waals surface area contributed by atoms with E-state index >= 15 is 0 Å². The van der Waals surface area contributed by atoms with Gasteiger partial charge in [-0.15, -0.1) is 0 Å². The lowest BCUT2D eigenvalue weighted by Gasteiger charge is -2.21. The van der Waals surface area contributed by atoms with Gasteiger partial charge in [-0.25, -0.2) is 0 Å². The molecule has 0 bridgehead atoms. The minimum atomic E-state index is -0.799. The van der Waals surface area contributed by atoms with E-state index in [9.17, 15) is 6.85 Å². The van der Waals surface area contributed by atoms with Crippen LogP contribution in [0, 0.1) is 0 Å². The van der Waals surface area contributed by atoms with Crippen LogP contribution in [-0.4, -0.2) is 0 Å². The molecular formula is C46H28. The molecular weight excluding hydrogens is 553 g/mol. The molecule has 0 radical (unpaired) electrons. The Morgan fingerprint density at radius 1 is 0.283 bits per heavy atom. The molecule has 46 heavy (non-hydrogen) atoms. The van der Waals surface area contributed by atoms with Gasteiger partial charge in [0.1, 0.15) is 0 Å². The van der Waals surface area contributed by atoms with E-state index in [0.717, 1.165) is 0 Å². The number of hydrogen-bond donors (Lipinski definition) is 0. The van der Waals surface area contributed by atoms with E-state index in [1.165, 1.54) is 0 Å². The SMILES string of the molecule is [2H]c1c([2H])c([2H])c(-c2ccc3ccc4c(-c5c6c([2H])c([2H])c([2H])c([2H])c6c(-c6c([2H])c([2H])c([2H])c([2H])c6[2H])c6c([2H])c([2H])c7c([2H])c([2H])c([2H])c([2H])c7c56)ccc5ccc2c3c54)c([2H])c1[2H]. The van der Waals surface area contributed by atoms with Crippen LogP contribution >= 0.6 is 0 Å². The smallest absolute Gasteiger partial charge is 0.0622 e. The lowest BCUT2D eigenvalue weighted by Crippen LogP contribution is -1.94. The fraction of sp³-hybridized carbons (Fsp3) is 0. The van der Waals surface area contributed by atoms with Crippen molar-refractivity contribution in [3.8, 4) is 33.4 Å². The molecule has 0 aliphatic heterocycles. The van der Waals surface area contributed by atoms with Gasteiger partial charge in [0, 0.05) is 0 Å². The van der Waals surface area contributed by atoms with Crippen LogP contribution in [0.15, 0.2) is 169 Å². The summed E-state index contributed by atoms with van der Waals surface area (Å²) in [7, 11) is 0. The second-order valence-electron chi connectivity index (χ2n) is 10.9. The number of fused-ring (bicyclic) bond motifs is 4. The zero-order chi connectivity index (χ0) is 47.6. The van der Waals surface area contributed by atoms with Gasteiger partial charge in [-0.05, 0) is 98.0 Å². The van der Waals surface area contributed by atoms with Crippen molar-refractivity contribution in [3.63, 3.8) is 0 Å². The summed E-state index contributed by atoms with van der Waals surface area (Å²) in [6.07, 6.45) is 0. The van der Waals surface area contributed by atoms with E-state index in [4.69, 9.17) is 20.6 Å². The van der Waals surface area contributed by atoms with Gasteiger partial charge in [0.15, 0.2) is 0 Å². The summed E-state index contributed by atoms with van der Waals surface area (Å²) < 4.78 is 178. The highest BCUT2D eigenvalue weighted by molar-refractivity contribution is 6.33. The van der Waals surface area contributed by atoms with Crippen molar-refractivity contribution < 1.29 is 27.4 Å². The van der Waals surface area contributed by atoms with E-state index in [1.807, 2.05) is 0 Å². The lowest BCUT2D eigenvalue weighted by molar-refractivity contribution is 1.66. The predicted molar refractivity (Wildman–Crippen MR) is 199 cm³/mol. The summed E-state index contributed by atoms with van der Waals surface area (Å²) in [6, 6.07) is 0.389. The fourth-order valence-corrected chi connectivity index (χ4v) is 6.80. The first-order valence-electron chi connectivity index (χ1n) is 24.4. The molecule has 0 heterocycles. The van der Waals surface area contributed by atoms with Gasteiger partial charge in [-0.2, -0.15) is 0 Å². The van der Waals surface area contributed by atoms with E-state index in [2.05, 4.69) is 0 Å². The Kier molecular flexibility index (Phi) is 2.71. The first kappa shape index (κ1) is 12.8. The quantitative estimate of drug-likeness (QED) is 0.140. The third-order valence-corrected chi connectivity index (χ3v) is 8.64. The van der Waals surface area contributed by atoms with E-state index in [1.54, 1.807) is 48.5 Å². The van der Waals surface area contributed by atoms with Crippen LogP contribution in [0.4, 0.5) is 0 Å². The molecule has 10 aromatic carbocycles. The van der Waals surface area contributed by atoms with Gasteiger partial charge in [0.25, 0.3) is 0 Å². The van der Waals surface area contributed by atoms with Gasteiger partial charge in [0.05, 0.1) is 27.4 Å². The summed E-state index contributed by atoms with van der Waals surface area (Å²) in [5.41, 5.74) is -0.530. The Morgan fingerprint density at radius 3 is 1.50 bits per heavy atom. The maximum atomic E-state index is 9.66. The first-order valence-corrected chi connectivity index (χ1v) is 14.4. The molecule has 10 rings (SSSR count). The number of hydrogen-bond acceptors (Lipinski definition) is 0. The van der Waals surface area contributed by atoms with E-state index in [-0.39, 0.29) is 43.6 Å². The van der Waals surface area contributed by atoms with Crippen LogP contribution in [0.2, 0.25) is 0 Å². The minimum Gasteiger partial charge on any atom is -0.0622 e. The average Bonchev–Trinajstić information content (AvgIpc) is 3.31. The Hall–Kier alpha value is -5.98. The summed E-state index contributed by atoms with van der Waals surface area (Å²) in [4.78, 5) is 0. The molecule has 0 N–H and O–H groups in total. The van der Waals surface area contributed by atoms with Crippen molar-refractivity contribution in [3.05, 3.63) is 169 Å². The molecule has 0 saturated carbocycles. The second kappa shape index (κ2) is 9.76. The molecule has 0 atom stereocenters. The van der Waals surface area contributed by atoms with Crippen molar-refractivity contribution in [1.29, 1.82) is 0 Å². The maximum Gasteiger partial charge on any atom is 0.0630 e. The van der Waals surface area contributed by atoms with Crippen molar-refractivity contribution in [2.45, 2.75) is 0 Å². The topological polar surface area (TPSA) is 0 Å². The molecule has 0 saturated heterocycles. The Morgan fingerprint density at radius 2 is 0.804 bits per heavy atom. The Labute approximate surface area is 295 Å². The second-order valence-corrected chi connectivity index (χ2v) is 10.9. The zero-order valence-electron chi connectivity index (χ0n) is 43.6. The monoisotopic (exact) mass is 600 g/mol. The van der Waals surface area contributed by atoms with Gasteiger partial charge < -0.3 is 0 Å². The number of benzene rings is 10. The van der Waals surface area contributed by atoms with E-state index < -0.39 is 137 Å². The summed E-state index contributed by atoms with van der Waals surface area (Å²) >= 11 is 0. The van der Waals surface area contributed by atoms with Crippen LogP contribution in [0.5, 0.6) is 0 Å². The number of rotatable bonds is 3. The third kappa shape index (κ3) is 3.56. The maximum absolute atomic E-state index is 9.66. The Balaban J connectivity index is 1.52. The van der Waals surface area contributed by atoms with E-state index in [0.29, 0.717) is 37.9 Å². The van der Waals surface area contributed by atoms with Gasteiger partial charge in [-0.3, -0.25) is 0 Å². The highest BCUT2D eigenvalue weighted by atomic mass is 14.2. The van der Waals surface area contributed by atoms with Crippen LogP contribution in [0.25, 0.3) is 98.0 Å². The van der Waals surface area contributed by atoms with Gasteiger partial charge in [-0.1, -0.05) is 169 Å². The highest BCUT2D eigenvalue weighted by Gasteiger charge is 2.21. The van der Waals surface area contributed by atoms with Crippen LogP contribution in [0.1, 0.15) is 27.4 Å². The lowest BCUT2D eigenvalue weighted by atomic mass is 9.81. The average molecular weight is 601 g/mol.